The Bertz CT molecular complexity index is 1030. The minimum Gasteiger partial charge on any atom is -0.456 e. The van der Waals surface area contributed by atoms with Gasteiger partial charge in [0.25, 0.3) is 0 Å². The first-order chi connectivity index (χ1) is 13.4. The molecule has 0 saturated carbocycles. The summed E-state index contributed by atoms with van der Waals surface area (Å²) in [5.74, 6) is -0.652. The Labute approximate surface area is 172 Å². The van der Waals surface area contributed by atoms with Gasteiger partial charge < -0.3 is 4.74 Å². The first-order valence-corrected chi connectivity index (χ1v) is 9.87. The number of hydrogen-bond acceptors (Lipinski definition) is 5. The number of carbonyl (C=O) groups is 2. The van der Waals surface area contributed by atoms with Crippen molar-refractivity contribution in [2.24, 2.45) is 0 Å². The number of nitrogens with zero attached hydrogens (tertiary/aromatic N) is 2. The zero-order valence-corrected chi connectivity index (χ0v) is 17.3. The van der Waals surface area contributed by atoms with Crippen molar-refractivity contribution in [1.82, 2.24) is 4.98 Å². The van der Waals surface area contributed by atoms with Gasteiger partial charge in [0.2, 0.25) is 5.91 Å². The highest BCUT2D eigenvalue weighted by Gasteiger charge is 2.21. The number of ether oxygens (including phenoxy) is 1. The molecule has 28 heavy (non-hydrogen) atoms. The molecule has 5 nitrogen and oxygen atoms in total. The lowest BCUT2D eigenvalue weighted by atomic mass is 10.1. The number of anilines is 2. The number of aryl methyl sites for hydroxylation is 1. The summed E-state index contributed by atoms with van der Waals surface area (Å²) in [4.78, 5) is 30.6. The second-order valence-corrected chi connectivity index (χ2v) is 7.49. The summed E-state index contributed by atoms with van der Waals surface area (Å²) >= 11 is 7.34. The van der Waals surface area contributed by atoms with Crippen LogP contribution in [0, 0.1) is 13.8 Å². The summed E-state index contributed by atoms with van der Waals surface area (Å²) in [5, 5.41) is 2.64. The van der Waals surface area contributed by atoms with Crippen LogP contribution in [0.1, 0.15) is 34.1 Å². The standard InChI is InChI=1S/C21H19ClN2O3S/c1-13-7-6-10-19(14(13)2)24(15(3)25)21-23-16(12-28-21)11-27-20(26)17-8-4-5-9-18(17)22/h4-10,12H,11H2,1-3H3. The summed E-state index contributed by atoms with van der Waals surface area (Å²) in [7, 11) is 0. The topological polar surface area (TPSA) is 59.5 Å². The van der Waals surface area contributed by atoms with Crippen LogP contribution in [0.2, 0.25) is 5.02 Å². The van der Waals surface area contributed by atoms with E-state index in [4.69, 9.17) is 16.3 Å². The van der Waals surface area contributed by atoms with E-state index in [2.05, 4.69) is 4.98 Å². The third-order valence-corrected chi connectivity index (χ3v) is 5.51. The van der Waals surface area contributed by atoms with Crippen LogP contribution in [0.3, 0.4) is 0 Å². The summed E-state index contributed by atoms with van der Waals surface area (Å²) < 4.78 is 5.31. The van der Waals surface area contributed by atoms with Crippen molar-refractivity contribution < 1.29 is 14.3 Å². The molecule has 0 bridgehead atoms. The molecule has 0 aliphatic rings. The van der Waals surface area contributed by atoms with E-state index in [1.165, 1.54) is 18.3 Å². The number of rotatable bonds is 5. The molecular weight excluding hydrogens is 396 g/mol. The zero-order chi connectivity index (χ0) is 20.3. The quantitative estimate of drug-likeness (QED) is 0.520. The molecule has 7 heteroatoms. The maximum atomic E-state index is 12.3. The van der Waals surface area contributed by atoms with Gasteiger partial charge in [0, 0.05) is 12.3 Å². The zero-order valence-electron chi connectivity index (χ0n) is 15.7. The summed E-state index contributed by atoms with van der Waals surface area (Å²) in [6.07, 6.45) is 0. The molecule has 2 aromatic carbocycles. The van der Waals surface area contributed by atoms with Gasteiger partial charge in [-0.3, -0.25) is 9.69 Å². The highest BCUT2D eigenvalue weighted by atomic mass is 35.5. The largest absolute Gasteiger partial charge is 0.456 e. The smallest absolute Gasteiger partial charge is 0.340 e. The Morgan fingerprint density at radius 1 is 1.14 bits per heavy atom. The van der Waals surface area contributed by atoms with Crippen molar-refractivity contribution in [2.75, 3.05) is 4.90 Å². The number of carbonyl (C=O) groups excluding carboxylic acids is 2. The second kappa shape index (κ2) is 8.54. The molecule has 0 spiro atoms. The molecule has 0 aliphatic carbocycles. The highest BCUT2D eigenvalue weighted by Crippen LogP contribution is 2.32. The SMILES string of the molecule is CC(=O)N(c1nc(COC(=O)c2ccccc2Cl)cs1)c1cccc(C)c1C. The molecule has 3 rings (SSSR count). The van der Waals surface area contributed by atoms with Crippen LogP contribution in [-0.2, 0) is 16.1 Å². The molecule has 0 fully saturated rings. The average Bonchev–Trinajstić information content (AvgIpc) is 3.12. The number of esters is 1. The average molecular weight is 415 g/mol. The maximum Gasteiger partial charge on any atom is 0.340 e. The fourth-order valence-electron chi connectivity index (χ4n) is 2.69. The fourth-order valence-corrected chi connectivity index (χ4v) is 3.77. The van der Waals surface area contributed by atoms with Gasteiger partial charge in [-0.1, -0.05) is 35.9 Å². The van der Waals surface area contributed by atoms with Crippen molar-refractivity contribution in [2.45, 2.75) is 27.4 Å². The van der Waals surface area contributed by atoms with E-state index < -0.39 is 5.97 Å². The van der Waals surface area contributed by atoms with Crippen molar-refractivity contribution in [3.8, 4) is 0 Å². The van der Waals surface area contributed by atoms with Gasteiger partial charge in [-0.25, -0.2) is 9.78 Å². The predicted molar refractivity (Wildman–Crippen MR) is 111 cm³/mol. The Morgan fingerprint density at radius 3 is 2.61 bits per heavy atom. The second-order valence-electron chi connectivity index (χ2n) is 6.25. The molecule has 1 aromatic heterocycles. The fraction of sp³-hybridized carbons (Fsp3) is 0.190. The third kappa shape index (κ3) is 4.24. The van der Waals surface area contributed by atoms with Gasteiger partial charge >= 0.3 is 5.97 Å². The molecular formula is C21H19ClN2O3S. The number of benzene rings is 2. The van der Waals surface area contributed by atoms with Crippen molar-refractivity contribution in [3.63, 3.8) is 0 Å². The maximum absolute atomic E-state index is 12.3. The Balaban J connectivity index is 1.78. The minimum absolute atomic E-state index is 0.000892. The summed E-state index contributed by atoms with van der Waals surface area (Å²) in [6.45, 7) is 5.47. The molecule has 3 aromatic rings. The lowest BCUT2D eigenvalue weighted by Gasteiger charge is -2.21. The molecule has 0 saturated heterocycles. The number of halogens is 1. The molecule has 144 valence electrons. The van der Waals surface area contributed by atoms with Gasteiger partial charge in [-0.15, -0.1) is 11.3 Å². The molecule has 0 atom stereocenters. The van der Waals surface area contributed by atoms with Crippen molar-refractivity contribution in [3.05, 3.63) is 75.3 Å². The predicted octanol–water partition coefficient (Wildman–Crippen LogP) is 5.45. The van der Waals surface area contributed by atoms with Crippen LogP contribution in [0.5, 0.6) is 0 Å². The van der Waals surface area contributed by atoms with Crippen LogP contribution in [0.15, 0.2) is 47.8 Å². The summed E-state index contributed by atoms with van der Waals surface area (Å²) in [6, 6.07) is 12.5. The van der Waals surface area contributed by atoms with E-state index in [0.717, 1.165) is 16.8 Å². The van der Waals surface area contributed by atoms with E-state index in [9.17, 15) is 9.59 Å². The van der Waals surface area contributed by atoms with Crippen LogP contribution in [-0.4, -0.2) is 16.9 Å². The molecule has 0 unspecified atom stereocenters. The van der Waals surface area contributed by atoms with Gasteiger partial charge in [0.15, 0.2) is 5.13 Å². The third-order valence-electron chi connectivity index (χ3n) is 4.31. The highest BCUT2D eigenvalue weighted by molar-refractivity contribution is 7.14. The van der Waals surface area contributed by atoms with Gasteiger partial charge in [0.05, 0.1) is 22.0 Å². The van der Waals surface area contributed by atoms with Crippen LogP contribution >= 0.6 is 22.9 Å². The first kappa shape index (κ1) is 20.0. The van der Waals surface area contributed by atoms with Crippen LogP contribution in [0.4, 0.5) is 10.8 Å². The van der Waals surface area contributed by atoms with Gasteiger partial charge in [0.1, 0.15) is 6.61 Å². The minimum atomic E-state index is -0.516. The Kier molecular flexibility index (Phi) is 6.11. The van der Waals surface area contributed by atoms with Gasteiger partial charge in [-0.05, 0) is 43.2 Å². The molecule has 0 aliphatic heterocycles. The van der Waals surface area contributed by atoms with E-state index >= 15 is 0 Å². The van der Waals surface area contributed by atoms with E-state index in [0.29, 0.717) is 21.4 Å². The number of aromatic nitrogens is 1. The van der Waals surface area contributed by atoms with E-state index in [1.54, 1.807) is 34.5 Å². The number of hydrogen-bond donors (Lipinski definition) is 0. The number of thiazole rings is 1. The molecule has 1 heterocycles. The van der Waals surface area contributed by atoms with Crippen LogP contribution < -0.4 is 4.90 Å². The Morgan fingerprint density at radius 2 is 1.89 bits per heavy atom. The van der Waals surface area contributed by atoms with Crippen molar-refractivity contribution in [1.29, 1.82) is 0 Å². The normalized spacial score (nSPS) is 10.6. The lowest BCUT2D eigenvalue weighted by Crippen LogP contribution is -2.23. The molecule has 0 N–H and O–H groups in total. The van der Waals surface area contributed by atoms with Crippen molar-refractivity contribution >= 4 is 45.6 Å². The van der Waals surface area contributed by atoms with Crippen LogP contribution in [0.25, 0.3) is 0 Å². The van der Waals surface area contributed by atoms with E-state index in [-0.39, 0.29) is 12.5 Å². The monoisotopic (exact) mass is 414 g/mol. The first-order valence-electron chi connectivity index (χ1n) is 8.61. The summed E-state index contributed by atoms with van der Waals surface area (Å²) in [5.41, 5.74) is 3.77. The molecule has 1 amide bonds. The number of amides is 1. The lowest BCUT2D eigenvalue weighted by molar-refractivity contribution is -0.115. The molecule has 0 radical (unpaired) electrons. The Hall–Kier alpha value is -2.70. The van der Waals surface area contributed by atoms with Gasteiger partial charge in [-0.2, -0.15) is 0 Å². The van der Waals surface area contributed by atoms with E-state index in [1.807, 2.05) is 32.0 Å².